The van der Waals surface area contributed by atoms with Gasteiger partial charge in [-0.25, -0.2) is 4.68 Å². The summed E-state index contributed by atoms with van der Waals surface area (Å²) in [6, 6.07) is 15.6. The molecule has 2 atom stereocenters. The van der Waals surface area contributed by atoms with Crippen LogP contribution in [0.4, 0.5) is 24.7 Å². The number of benzene rings is 2. The molecule has 0 bridgehead atoms. The second kappa shape index (κ2) is 8.87. The Morgan fingerprint density at radius 1 is 1.00 bits per heavy atom. The zero-order chi connectivity index (χ0) is 23.9. The van der Waals surface area contributed by atoms with Gasteiger partial charge in [-0.3, -0.25) is 4.79 Å². The van der Waals surface area contributed by atoms with Crippen LogP contribution in [0, 0.1) is 0 Å². The van der Waals surface area contributed by atoms with Gasteiger partial charge in [0.15, 0.2) is 11.7 Å². The molecule has 0 aliphatic carbocycles. The molecule has 1 amide bonds. The number of carbonyl (C=O) groups excluding carboxylic acids is 1. The Morgan fingerprint density at radius 3 is 2.32 bits per heavy atom. The van der Waals surface area contributed by atoms with E-state index in [4.69, 9.17) is 11.6 Å². The molecule has 1 fully saturated rings. The standard InChI is InChI=1S/C24H23ClF3N5O/c25-17-8-6-16(7-9-17)19-14-21(24(26,27)28)33-22(29-19)15-20(30-33)23(34)32-12-10-31(11-13-32)18-4-2-1-3-5-18/h1-9,15,19,21,29H,10-14H2. The van der Waals surface area contributed by atoms with Gasteiger partial charge in [-0.1, -0.05) is 41.9 Å². The van der Waals surface area contributed by atoms with Crippen LogP contribution in [0.5, 0.6) is 0 Å². The molecule has 1 N–H and O–H groups in total. The minimum Gasteiger partial charge on any atom is -0.368 e. The van der Waals surface area contributed by atoms with E-state index in [2.05, 4.69) is 15.3 Å². The van der Waals surface area contributed by atoms with E-state index in [-0.39, 0.29) is 23.8 Å². The van der Waals surface area contributed by atoms with Gasteiger partial charge in [-0.05, 0) is 29.8 Å². The molecular weight excluding hydrogens is 467 g/mol. The highest BCUT2D eigenvalue weighted by molar-refractivity contribution is 6.30. The Hall–Kier alpha value is -3.20. The van der Waals surface area contributed by atoms with Crippen LogP contribution < -0.4 is 10.2 Å². The first-order valence-corrected chi connectivity index (χ1v) is 11.4. The molecule has 1 aromatic heterocycles. The molecule has 178 valence electrons. The predicted molar refractivity (Wildman–Crippen MR) is 124 cm³/mol. The molecule has 34 heavy (non-hydrogen) atoms. The van der Waals surface area contributed by atoms with Gasteiger partial charge in [-0.2, -0.15) is 18.3 Å². The quantitative estimate of drug-likeness (QED) is 0.552. The van der Waals surface area contributed by atoms with E-state index in [1.807, 2.05) is 30.3 Å². The van der Waals surface area contributed by atoms with Crippen LogP contribution in [0.25, 0.3) is 0 Å². The molecule has 3 aromatic rings. The lowest BCUT2D eigenvalue weighted by atomic mass is 9.97. The number of hydrogen-bond acceptors (Lipinski definition) is 4. The average molecular weight is 490 g/mol. The third-order valence-corrected chi connectivity index (χ3v) is 6.62. The lowest BCUT2D eigenvalue weighted by Crippen LogP contribution is -2.49. The van der Waals surface area contributed by atoms with E-state index in [0.29, 0.717) is 36.8 Å². The summed E-state index contributed by atoms with van der Waals surface area (Å²) in [5.41, 5.74) is 1.79. The number of rotatable bonds is 3. The van der Waals surface area contributed by atoms with Crippen LogP contribution in [0.1, 0.15) is 34.6 Å². The number of amides is 1. The fourth-order valence-electron chi connectivity index (χ4n) is 4.56. The zero-order valence-corrected chi connectivity index (χ0v) is 18.9. The lowest BCUT2D eigenvalue weighted by Gasteiger charge is -2.35. The van der Waals surface area contributed by atoms with E-state index >= 15 is 0 Å². The number of nitrogens with one attached hydrogen (secondary N) is 1. The topological polar surface area (TPSA) is 53.4 Å². The first-order valence-electron chi connectivity index (χ1n) is 11.1. The van der Waals surface area contributed by atoms with Gasteiger partial charge >= 0.3 is 6.18 Å². The summed E-state index contributed by atoms with van der Waals surface area (Å²) >= 11 is 5.93. The number of fused-ring (bicyclic) bond motifs is 1. The first-order chi connectivity index (χ1) is 16.3. The van der Waals surface area contributed by atoms with Crippen LogP contribution in [-0.4, -0.2) is 52.9 Å². The molecule has 2 aliphatic heterocycles. The fourth-order valence-corrected chi connectivity index (χ4v) is 4.69. The first kappa shape index (κ1) is 22.6. The fraction of sp³-hybridized carbons (Fsp3) is 0.333. The van der Waals surface area contributed by atoms with Crippen LogP contribution >= 0.6 is 11.6 Å². The van der Waals surface area contributed by atoms with Crippen molar-refractivity contribution in [3.05, 3.63) is 76.9 Å². The molecule has 0 radical (unpaired) electrons. The maximum absolute atomic E-state index is 13.9. The second-order valence-electron chi connectivity index (χ2n) is 8.52. The Bertz CT molecular complexity index is 1160. The van der Waals surface area contributed by atoms with Gasteiger partial charge in [0.05, 0.1) is 6.04 Å². The molecule has 0 spiro atoms. The van der Waals surface area contributed by atoms with Crippen molar-refractivity contribution in [2.45, 2.75) is 24.7 Å². The summed E-state index contributed by atoms with van der Waals surface area (Å²) < 4.78 is 42.7. The van der Waals surface area contributed by atoms with Crippen molar-refractivity contribution >= 4 is 29.0 Å². The molecule has 3 heterocycles. The highest BCUT2D eigenvalue weighted by Crippen LogP contribution is 2.43. The monoisotopic (exact) mass is 489 g/mol. The molecule has 2 unspecified atom stereocenters. The number of aromatic nitrogens is 2. The van der Waals surface area contributed by atoms with Gasteiger partial charge in [0.25, 0.3) is 5.91 Å². The van der Waals surface area contributed by atoms with Crippen LogP contribution in [0.15, 0.2) is 60.7 Å². The van der Waals surface area contributed by atoms with Gasteiger partial charge in [-0.15, -0.1) is 0 Å². The van der Waals surface area contributed by atoms with E-state index in [0.717, 1.165) is 10.4 Å². The molecular formula is C24H23ClF3N5O. The van der Waals surface area contributed by atoms with E-state index in [1.165, 1.54) is 6.07 Å². The third kappa shape index (κ3) is 4.44. The predicted octanol–water partition coefficient (Wildman–Crippen LogP) is 5.16. The van der Waals surface area contributed by atoms with Gasteiger partial charge in [0, 0.05) is 49.4 Å². The molecule has 6 nitrogen and oxygen atoms in total. The molecule has 1 saturated heterocycles. The van der Waals surface area contributed by atoms with Crippen molar-refractivity contribution in [2.24, 2.45) is 0 Å². The van der Waals surface area contributed by atoms with Gasteiger partial charge in [0.2, 0.25) is 0 Å². The summed E-state index contributed by atoms with van der Waals surface area (Å²) in [6.45, 7) is 2.23. The molecule has 2 aliphatic rings. The lowest BCUT2D eigenvalue weighted by molar-refractivity contribution is -0.173. The number of carbonyl (C=O) groups is 1. The van der Waals surface area contributed by atoms with Crippen molar-refractivity contribution < 1.29 is 18.0 Å². The highest BCUT2D eigenvalue weighted by Gasteiger charge is 2.47. The number of nitrogens with zero attached hydrogens (tertiary/aromatic N) is 4. The molecule has 0 saturated carbocycles. The van der Waals surface area contributed by atoms with Crippen molar-refractivity contribution in [3.8, 4) is 0 Å². The van der Waals surface area contributed by atoms with Crippen molar-refractivity contribution in [2.75, 3.05) is 36.4 Å². The SMILES string of the molecule is O=C(c1cc2n(n1)C(C(F)(F)F)CC(c1ccc(Cl)cc1)N2)N1CCN(c2ccccc2)CC1. The number of hydrogen-bond donors (Lipinski definition) is 1. The minimum absolute atomic E-state index is 0.0154. The van der Waals surface area contributed by atoms with Crippen LogP contribution in [-0.2, 0) is 0 Å². The zero-order valence-electron chi connectivity index (χ0n) is 18.2. The Kier molecular flexibility index (Phi) is 5.89. The van der Waals surface area contributed by atoms with Crippen molar-refractivity contribution in [3.63, 3.8) is 0 Å². The van der Waals surface area contributed by atoms with Crippen LogP contribution in [0.3, 0.4) is 0 Å². The molecule has 5 rings (SSSR count). The Balaban J connectivity index is 1.35. The number of halogens is 4. The van der Waals surface area contributed by atoms with E-state index in [1.54, 1.807) is 29.2 Å². The Labute approximate surface area is 199 Å². The number of anilines is 2. The minimum atomic E-state index is -4.50. The van der Waals surface area contributed by atoms with E-state index < -0.39 is 18.3 Å². The van der Waals surface area contributed by atoms with Crippen LogP contribution in [0.2, 0.25) is 5.02 Å². The normalized spacial score (nSPS) is 20.6. The number of piperazine rings is 1. The summed E-state index contributed by atoms with van der Waals surface area (Å²) in [5, 5.41) is 7.73. The Morgan fingerprint density at radius 2 is 1.68 bits per heavy atom. The maximum Gasteiger partial charge on any atom is 0.410 e. The summed E-state index contributed by atoms with van der Waals surface area (Å²) in [5.74, 6) is -0.180. The molecule has 2 aromatic carbocycles. The summed E-state index contributed by atoms with van der Waals surface area (Å²) in [6.07, 6.45) is -4.74. The van der Waals surface area contributed by atoms with Gasteiger partial charge in [0.1, 0.15) is 5.82 Å². The second-order valence-corrected chi connectivity index (χ2v) is 8.95. The number of alkyl halides is 3. The summed E-state index contributed by atoms with van der Waals surface area (Å²) in [4.78, 5) is 16.9. The van der Waals surface area contributed by atoms with Crippen molar-refractivity contribution in [1.29, 1.82) is 0 Å². The van der Waals surface area contributed by atoms with Crippen molar-refractivity contribution in [1.82, 2.24) is 14.7 Å². The number of para-hydroxylation sites is 1. The summed E-state index contributed by atoms with van der Waals surface area (Å²) in [7, 11) is 0. The van der Waals surface area contributed by atoms with Gasteiger partial charge < -0.3 is 15.1 Å². The largest absolute Gasteiger partial charge is 0.410 e. The highest BCUT2D eigenvalue weighted by atomic mass is 35.5. The molecule has 10 heteroatoms. The maximum atomic E-state index is 13.9. The third-order valence-electron chi connectivity index (χ3n) is 6.37. The smallest absolute Gasteiger partial charge is 0.368 e. The van der Waals surface area contributed by atoms with E-state index in [9.17, 15) is 18.0 Å². The average Bonchev–Trinajstić information content (AvgIpc) is 3.27.